The highest BCUT2D eigenvalue weighted by Gasteiger charge is 2.47. The van der Waals surface area contributed by atoms with Gasteiger partial charge < -0.3 is 64.2 Å². The number of carbonyl (C=O) groups excluding carboxylic acids is 2. The molecule has 0 bridgehead atoms. The highest BCUT2D eigenvalue weighted by atomic mass is 16.7. The Morgan fingerprint density at radius 1 is 0.516 bits per heavy atom. The Morgan fingerprint density at radius 2 is 0.984 bits per heavy atom. The zero-order valence-corrected chi connectivity index (χ0v) is 36.0. The molecule has 0 radical (unpaired) electrons. The molecule has 0 aliphatic carbocycles. The van der Waals surface area contributed by atoms with Gasteiger partial charge in [0.15, 0.2) is 18.7 Å². The van der Waals surface area contributed by atoms with Gasteiger partial charge in [0.1, 0.15) is 55.4 Å². The van der Waals surface area contributed by atoms with Gasteiger partial charge in [0, 0.05) is 12.8 Å². The molecule has 2 rings (SSSR count). The molecule has 348 valence electrons. The van der Waals surface area contributed by atoms with Gasteiger partial charge in [-0.25, -0.2) is 0 Å². The van der Waals surface area contributed by atoms with Crippen molar-refractivity contribution in [3.63, 3.8) is 0 Å². The largest absolute Gasteiger partial charge is 0.462 e. The second kappa shape index (κ2) is 33.7. The third-order valence-corrected chi connectivity index (χ3v) is 9.47. The van der Waals surface area contributed by atoms with E-state index in [1.807, 2.05) is 91.1 Å². The van der Waals surface area contributed by atoms with Gasteiger partial charge in [0.05, 0.1) is 19.8 Å². The van der Waals surface area contributed by atoms with Crippen molar-refractivity contribution < 1.29 is 73.8 Å². The monoisotopic (exact) mass is 874 g/mol. The van der Waals surface area contributed by atoms with Crippen LogP contribution in [-0.2, 0) is 38.0 Å². The SMILES string of the molecule is CC/C=C/C=C/C=C/C=C/C=C/CCCC(=O)OCC(CO[C@@H]1O[C@H](CO[C@@H]2O[C@H](CO)[C@H](O)C(O)C2O)[C@H](O)C(O)C1O)OC(=O)CCCCC/C=C/C=C/C=C/C=C/CC. The first-order valence-corrected chi connectivity index (χ1v) is 21.6. The second-order valence-corrected chi connectivity index (χ2v) is 14.6. The van der Waals surface area contributed by atoms with Gasteiger partial charge in [-0.05, 0) is 44.9 Å². The van der Waals surface area contributed by atoms with E-state index in [2.05, 4.69) is 32.1 Å². The predicted octanol–water partition coefficient (Wildman–Crippen LogP) is 4.03. The van der Waals surface area contributed by atoms with E-state index >= 15 is 0 Å². The van der Waals surface area contributed by atoms with Crippen molar-refractivity contribution in [1.29, 1.82) is 0 Å². The van der Waals surface area contributed by atoms with Gasteiger partial charge in [-0.15, -0.1) is 0 Å². The van der Waals surface area contributed by atoms with E-state index in [-0.39, 0.29) is 19.4 Å². The fourth-order valence-corrected chi connectivity index (χ4v) is 5.90. The zero-order chi connectivity index (χ0) is 45.4. The van der Waals surface area contributed by atoms with Gasteiger partial charge in [-0.1, -0.05) is 130 Å². The van der Waals surface area contributed by atoms with Gasteiger partial charge in [-0.3, -0.25) is 9.59 Å². The number of carbonyl (C=O) groups is 2. The third kappa shape index (κ3) is 22.5. The minimum Gasteiger partial charge on any atom is -0.462 e. The van der Waals surface area contributed by atoms with E-state index in [4.69, 9.17) is 28.4 Å². The maximum absolute atomic E-state index is 12.9. The van der Waals surface area contributed by atoms with Gasteiger partial charge in [-0.2, -0.15) is 0 Å². The van der Waals surface area contributed by atoms with Crippen LogP contribution >= 0.6 is 0 Å². The molecule has 0 aromatic carbocycles. The minimum absolute atomic E-state index is 0.0958. The molecule has 5 unspecified atom stereocenters. The average Bonchev–Trinajstić information content (AvgIpc) is 3.26. The smallest absolute Gasteiger partial charge is 0.306 e. The summed E-state index contributed by atoms with van der Waals surface area (Å²) in [6.07, 6.45) is 24.4. The second-order valence-electron chi connectivity index (χ2n) is 14.6. The molecule has 0 spiro atoms. The summed E-state index contributed by atoms with van der Waals surface area (Å²) in [4.78, 5) is 25.5. The zero-order valence-electron chi connectivity index (χ0n) is 36.0. The first-order valence-electron chi connectivity index (χ1n) is 21.6. The Kier molecular flexibility index (Phi) is 29.5. The summed E-state index contributed by atoms with van der Waals surface area (Å²) in [7, 11) is 0. The lowest BCUT2D eigenvalue weighted by Gasteiger charge is -2.42. The van der Waals surface area contributed by atoms with Crippen molar-refractivity contribution in [3.05, 3.63) is 109 Å². The van der Waals surface area contributed by atoms with Crippen molar-refractivity contribution >= 4 is 11.9 Å². The topological polar surface area (TPSA) is 231 Å². The summed E-state index contributed by atoms with van der Waals surface area (Å²) in [5, 5.41) is 71.8. The van der Waals surface area contributed by atoms with Gasteiger partial charge >= 0.3 is 11.9 Å². The molecule has 62 heavy (non-hydrogen) atoms. The quantitative estimate of drug-likeness (QED) is 0.0320. The summed E-state index contributed by atoms with van der Waals surface area (Å²) in [5.41, 5.74) is 0. The standard InChI is InChI=1S/C47H70O15/c1-3-5-7-9-11-13-15-17-19-21-23-25-27-29-38(49)57-32-35(60-39(50)30-28-26-24-22-20-18-16-14-12-10-8-6-4-2)33-58-46-45(56)43(54)41(52)37(62-46)34-59-47-44(55)42(53)40(51)36(31-48)61-47/h5-21,23,35-37,40-48,51-56H,3-4,22,24-34H2,1-2H3/b7-5+,8-6+,11-9+,12-10+,15-13+,16-14+,19-17+,20-18+,23-21+/t35?,36-,37-,40+,41+,42?,43?,44?,45?,46-,47-/m1/s1. The van der Waals surface area contributed by atoms with Crippen LogP contribution in [0.15, 0.2) is 109 Å². The molecule has 0 amide bonds. The lowest BCUT2D eigenvalue weighted by Crippen LogP contribution is -2.61. The fraction of sp³-hybridized carbons (Fsp3) is 0.574. The molecule has 2 fully saturated rings. The highest BCUT2D eigenvalue weighted by Crippen LogP contribution is 2.26. The van der Waals surface area contributed by atoms with Crippen LogP contribution in [0.1, 0.15) is 78.1 Å². The predicted molar refractivity (Wildman–Crippen MR) is 233 cm³/mol. The van der Waals surface area contributed by atoms with E-state index in [9.17, 15) is 45.3 Å². The molecule has 0 aromatic rings. The van der Waals surface area contributed by atoms with E-state index < -0.39 is 99.3 Å². The minimum atomic E-state index is -1.79. The van der Waals surface area contributed by atoms with Crippen molar-refractivity contribution in [1.82, 2.24) is 0 Å². The highest BCUT2D eigenvalue weighted by molar-refractivity contribution is 5.70. The van der Waals surface area contributed by atoms with Crippen LogP contribution in [0.4, 0.5) is 0 Å². The Labute approximate surface area is 366 Å². The number of esters is 2. The van der Waals surface area contributed by atoms with E-state index in [1.165, 1.54) is 0 Å². The van der Waals surface area contributed by atoms with Crippen LogP contribution in [0.2, 0.25) is 0 Å². The number of ether oxygens (including phenoxy) is 6. The van der Waals surface area contributed by atoms with Crippen LogP contribution in [0.25, 0.3) is 0 Å². The number of aliphatic hydroxyl groups excluding tert-OH is 7. The van der Waals surface area contributed by atoms with Crippen LogP contribution < -0.4 is 0 Å². The number of hydrogen-bond acceptors (Lipinski definition) is 15. The van der Waals surface area contributed by atoms with Crippen molar-refractivity contribution in [2.24, 2.45) is 0 Å². The van der Waals surface area contributed by atoms with Crippen LogP contribution in [0.5, 0.6) is 0 Å². The summed E-state index contributed by atoms with van der Waals surface area (Å²) < 4.78 is 33.2. The van der Waals surface area contributed by atoms with Crippen molar-refractivity contribution in [3.8, 4) is 0 Å². The Hall–Kier alpha value is -3.84. The molecule has 2 saturated heterocycles. The molecule has 2 aliphatic rings. The van der Waals surface area contributed by atoms with Gasteiger partial charge in [0.2, 0.25) is 0 Å². The lowest BCUT2D eigenvalue weighted by atomic mass is 9.98. The summed E-state index contributed by atoms with van der Waals surface area (Å²) in [6.45, 7) is 2.11. The number of allylic oxidation sites excluding steroid dienone is 18. The molecule has 0 saturated carbocycles. The van der Waals surface area contributed by atoms with Crippen LogP contribution in [0, 0.1) is 0 Å². The lowest BCUT2D eigenvalue weighted by molar-refractivity contribution is -0.332. The van der Waals surface area contributed by atoms with Crippen LogP contribution in [-0.4, -0.2) is 142 Å². The van der Waals surface area contributed by atoms with E-state index in [0.29, 0.717) is 19.3 Å². The molecular weight excluding hydrogens is 805 g/mol. The molecule has 2 heterocycles. The number of hydrogen-bond donors (Lipinski definition) is 7. The fourth-order valence-electron chi connectivity index (χ4n) is 5.90. The van der Waals surface area contributed by atoms with E-state index in [1.54, 1.807) is 0 Å². The molecular formula is C47H70O15. The summed E-state index contributed by atoms with van der Waals surface area (Å²) >= 11 is 0. The van der Waals surface area contributed by atoms with Crippen LogP contribution in [0.3, 0.4) is 0 Å². The Bertz CT molecular complexity index is 1500. The van der Waals surface area contributed by atoms with Crippen molar-refractivity contribution in [2.75, 3.05) is 26.4 Å². The molecule has 11 atom stereocenters. The average molecular weight is 875 g/mol. The number of rotatable bonds is 29. The molecule has 0 aromatic heterocycles. The number of aliphatic hydroxyl groups is 7. The Balaban J connectivity index is 1.94. The van der Waals surface area contributed by atoms with Crippen molar-refractivity contribution in [2.45, 2.75) is 146 Å². The first-order chi connectivity index (χ1) is 30.0. The maximum atomic E-state index is 12.9. The molecule has 2 aliphatic heterocycles. The Morgan fingerprint density at radius 3 is 1.53 bits per heavy atom. The van der Waals surface area contributed by atoms with Gasteiger partial charge in [0.25, 0.3) is 0 Å². The normalized spacial score (nSPS) is 28.1. The maximum Gasteiger partial charge on any atom is 0.306 e. The molecule has 15 nitrogen and oxygen atoms in total. The summed E-state index contributed by atoms with van der Waals surface area (Å²) in [5.74, 6) is -1.08. The first kappa shape index (κ1) is 54.3. The molecule has 15 heteroatoms. The number of unbranched alkanes of at least 4 members (excludes halogenated alkanes) is 4. The summed E-state index contributed by atoms with van der Waals surface area (Å²) in [6, 6.07) is 0. The third-order valence-electron chi connectivity index (χ3n) is 9.47. The van der Waals surface area contributed by atoms with E-state index in [0.717, 1.165) is 32.1 Å². The molecule has 7 N–H and O–H groups in total.